The quantitative estimate of drug-likeness (QED) is 0.536. The number of ether oxygens (including phenoxy) is 1. The van der Waals surface area contributed by atoms with Gasteiger partial charge in [0.05, 0.1) is 12.9 Å². The van der Waals surface area contributed by atoms with Gasteiger partial charge in [0.25, 0.3) is 0 Å². The minimum Gasteiger partial charge on any atom is -0.463 e. The van der Waals surface area contributed by atoms with E-state index in [-0.39, 0.29) is 6.01 Å². The second-order valence-corrected chi connectivity index (χ2v) is 5.19. The van der Waals surface area contributed by atoms with E-state index in [4.69, 9.17) is 10.5 Å². The molecule has 118 valence electrons. The summed E-state index contributed by atoms with van der Waals surface area (Å²) in [5, 5.41) is 0. The van der Waals surface area contributed by atoms with Gasteiger partial charge >= 0.3 is 6.01 Å². The van der Waals surface area contributed by atoms with Gasteiger partial charge in [0.1, 0.15) is 0 Å². The number of aromatic nitrogens is 4. The standard InChI is InChI=1S/C17H19N5O/c1-2-10-22-12-19-14-15(18)20-17(21-16(14)22)23-11-6-9-13-7-4-3-5-8-13/h2-5,7-8,12H,1,6,9-11H2,(H2,18,20,21). The van der Waals surface area contributed by atoms with Crippen molar-refractivity contribution in [1.29, 1.82) is 0 Å². The molecule has 0 amide bonds. The number of rotatable bonds is 7. The van der Waals surface area contributed by atoms with Crippen LogP contribution in [0.1, 0.15) is 12.0 Å². The number of hydrogen-bond donors (Lipinski definition) is 1. The van der Waals surface area contributed by atoms with E-state index in [1.54, 1.807) is 12.4 Å². The zero-order chi connectivity index (χ0) is 16.1. The van der Waals surface area contributed by atoms with Crippen LogP contribution in [0.25, 0.3) is 11.2 Å². The Morgan fingerprint density at radius 1 is 1.22 bits per heavy atom. The molecule has 3 rings (SSSR count). The zero-order valence-corrected chi connectivity index (χ0v) is 12.9. The Balaban J connectivity index is 1.65. The third-order valence-electron chi connectivity index (χ3n) is 3.48. The maximum absolute atomic E-state index is 5.93. The topological polar surface area (TPSA) is 78.9 Å². The van der Waals surface area contributed by atoms with Crippen molar-refractivity contribution >= 4 is 17.0 Å². The maximum Gasteiger partial charge on any atom is 0.320 e. The molecule has 0 fully saturated rings. The molecule has 0 unspecified atom stereocenters. The molecule has 0 aliphatic carbocycles. The highest BCUT2D eigenvalue weighted by Gasteiger charge is 2.11. The van der Waals surface area contributed by atoms with Crippen LogP contribution in [0.5, 0.6) is 6.01 Å². The van der Waals surface area contributed by atoms with E-state index in [0.717, 1.165) is 12.8 Å². The third-order valence-corrected chi connectivity index (χ3v) is 3.48. The molecule has 2 N–H and O–H groups in total. The summed E-state index contributed by atoms with van der Waals surface area (Å²) in [5.74, 6) is 0.330. The Labute approximate surface area is 134 Å². The second kappa shape index (κ2) is 6.91. The molecular formula is C17H19N5O. The summed E-state index contributed by atoms with van der Waals surface area (Å²) in [4.78, 5) is 12.8. The Morgan fingerprint density at radius 3 is 2.83 bits per heavy atom. The Bertz CT molecular complexity index is 797. The highest BCUT2D eigenvalue weighted by molar-refractivity contribution is 5.81. The minimum atomic E-state index is 0.286. The lowest BCUT2D eigenvalue weighted by molar-refractivity contribution is 0.288. The molecule has 6 nitrogen and oxygen atoms in total. The fourth-order valence-corrected chi connectivity index (χ4v) is 2.37. The number of anilines is 1. The summed E-state index contributed by atoms with van der Waals surface area (Å²) in [6.07, 6.45) is 5.29. The van der Waals surface area contributed by atoms with Crippen LogP contribution < -0.4 is 10.5 Å². The number of nitrogens with two attached hydrogens (primary N) is 1. The van der Waals surface area contributed by atoms with Crippen molar-refractivity contribution in [1.82, 2.24) is 19.5 Å². The van der Waals surface area contributed by atoms with Crippen LogP contribution in [0.2, 0.25) is 0 Å². The van der Waals surface area contributed by atoms with Gasteiger partial charge in [0.2, 0.25) is 0 Å². The monoisotopic (exact) mass is 309 g/mol. The molecule has 2 heterocycles. The predicted octanol–water partition coefficient (Wildman–Crippen LogP) is 2.61. The number of imidazole rings is 1. The van der Waals surface area contributed by atoms with Crippen molar-refractivity contribution in [2.75, 3.05) is 12.3 Å². The van der Waals surface area contributed by atoms with Crippen molar-refractivity contribution in [3.63, 3.8) is 0 Å². The van der Waals surface area contributed by atoms with E-state index in [2.05, 4.69) is 33.7 Å². The number of nitrogen functional groups attached to an aromatic ring is 1. The fraction of sp³-hybridized carbons (Fsp3) is 0.235. The molecule has 1 aromatic carbocycles. The average Bonchev–Trinajstić information content (AvgIpc) is 2.97. The predicted molar refractivity (Wildman–Crippen MR) is 90.2 cm³/mol. The summed E-state index contributed by atoms with van der Waals surface area (Å²) in [6, 6.07) is 10.6. The number of allylic oxidation sites excluding steroid dienone is 1. The summed E-state index contributed by atoms with van der Waals surface area (Å²) in [5.41, 5.74) is 8.47. The lowest BCUT2D eigenvalue weighted by atomic mass is 10.1. The molecule has 0 saturated heterocycles. The molecule has 23 heavy (non-hydrogen) atoms. The van der Waals surface area contributed by atoms with Gasteiger partial charge in [-0.1, -0.05) is 36.4 Å². The van der Waals surface area contributed by atoms with Crippen LogP contribution in [0.4, 0.5) is 5.82 Å². The molecule has 2 aromatic heterocycles. The van der Waals surface area contributed by atoms with Crippen molar-refractivity contribution in [2.24, 2.45) is 0 Å². The van der Waals surface area contributed by atoms with Crippen LogP contribution in [-0.4, -0.2) is 26.1 Å². The van der Waals surface area contributed by atoms with E-state index >= 15 is 0 Å². The van der Waals surface area contributed by atoms with E-state index in [1.807, 2.05) is 22.8 Å². The number of fused-ring (bicyclic) bond motifs is 1. The zero-order valence-electron chi connectivity index (χ0n) is 12.9. The lowest BCUT2D eigenvalue weighted by Crippen LogP contribution is -2.06. The van der Waals surface area contributed by atoms with Crippen LogP contribution >= 0.6 is 0 Å². The average molecular weight is 309 g/mol. The third kappa shape index (κ3) is 3.48. The second-order valence-electron chi connectivity index (χ2n) is 5.19. The Morgan fingerprint density at radius 2 is 2.04 bits per heavy atom. The van der Waals surface area contributed by atoms with Gasteiger partial charge in [0.15, 0.2) is 17.0 Å². The van der Waals surface area contributed by atoms with Crippen LogP contribution in [-0.2, 0) is 13.0 Å². The van der Waals surface area contributed by atoms with Gasteiger partial charge in [-0.25, -0.2) is 4.98 Å². The molecule has 0 bridgehead atoms. The summed E-state index contributed by atoms with van der Waals surface area (Å²) in [6.45, 7) is 4.87. The molecular weight excluding hydrogens is 290 g/mol. The number of benzene rings is 1. The van der Waals surface area contributed by atoms with E-state index in [1.165, 1.54) is 5.56 Å². The van der Waals surface area contributed by atoms with Crippen LogP contribution in [0.15, 0.2) is 49.3 Å². The van der Waals surface area contributed by atoms with E-state index < -0.39 is 0 Å². The van der Waals surface area contributed by atoms with Gasteiger partial charge in [-0.05, 0) is 18.4 Å². The van der Waals surface area contributed by atoms with Crippen LogP contribution in [0.3, 0.4) is 0 Å². The Hall–Kier alpha value is -2.89. The maximum atomic E-state index is 5.93. The molecule has 0 saturated carbocycles. The minimum absolute atomic E-state index is 0.286. The molecule has 0 aliphatic rings. The van der Waals surface area contributed by atoms with Crippen molar-refractivity contribution < 1.29 is 4.74 Å². The molecule has 0 radical (unpaired) electrons. The molecule has 0 atom stereocenters. The first-order valence-electron chi connectivity index (χ1n) is 7.54. The van der Waals surface area contributed by atoms with Gasteiger partial charge in [0, 0.05) is 6.54 Å². The Kier molecular flexibility index (Phi) is 4.52. The fourth-order valence-electron chi connectivity index (χ4n) is 2.37. The first kappa shape index (κ1) is 15.0. The molecule has 0 aliphatic heterocycles. The normalized spacial score (nSPS) is 10.8. The van der Waals surface area contributed by atoms with Gasteiger partial charge in [-0.15, -0.1) is 6.58 Å². The largest absolute Gasteiger partial charge is 0.463 e. The number of nitrogens with zero attached hydrogens (tertiary/aromatic N) is 4. The van der Waals surface area contributed by atoms with Gasteiger partial charge in [-0.3, -0.25) is 0 Å². The molecule has 6 heteroatoms. The van der Waals surface area contributed by atoms with Crippen molar-refractivity contribution in [2.45, 2.75) is 19.4 Å². The first-order valence-corrected chi connectivity index (χ1v) is 7.54. The van der Waals surface area contributed by atoms with E-state index in [0.29, 0.717) is 30.1 Å². The van der Waals surface area contributed by atoms with Crippen LogP contribution in [0, 0.1) is 0 Å². The van der Waals surface area contributed by atoms with Crippen molar-refractivity contribution in [3.05, 3.63) is 54.9 Å². The molecule has 3 aromatic rings. The number of aryl methyl sites for hydroxylation is 1. The summed E-state index contributed by atoms with van der Waals surface area (Å²) < 4.78 is 7.51. The summed E-state index contributed by atoms with van der Waals surface area (Å²) in [7, 11) is 0. The van der Waals surface area contributed by atoms with Gasteiger partial charge < -0.3 is 15.0 Å². The number of hydrogen-bond acceptors (Lipinski definition) is 5. The summed E-state index contributed by atoms with van der Waals surface area (Å²) >= 11 is 0. The van der Waals surface area contributed by atoms with Crippen molar-refractivity contribution in [3.8, 4) is 6.01 Å². The molecule has 0 spiro atoms. The highest BCUT2D eigenvalue weighted by atomic mass is 16.5. The highest BCUT2D eigenvalue weighted by Crippen LogP contribution is 2.19. The lowest BCUT2D eigenvalue weighted by Gasteiger charge is -2.06. The van der Waals surface area contributed by atoms with Gasteiger partial charge in [-0.2, -0.15) is 9.97 Å². The smallest absolute Gasteiger partial charge is 0.320 e. The first-order chi connectivity index (χ1) is 11.3. The van der Waals surface area contributed by atoms with E-state index in [9.17, 15) is 0 Å². The SMILES string of the molecule is C=CCn1cnc2c(N)nc(OCCCc3ccccc3)nc21.